The molecule has 6 heteroatoms. The molecule has 0 saturated heterocycles. The first-order valence-corrected chi connectivity index (χ1v) is 8.80. The van der Waals surface area contributed by atoms with Crippen molar-refractivity contribution in [2.24, 2.45) is 0 Å². The predicted molar refractivity (Wildman–Crippen MR) is 104 cm³/mol. The van der Waals surface area contributed by atoms with Crippen molar-refractivity contribution in [3.63, 3.8) is 0 Å². The van der Waals surface area contributed by atoms with E-state index >= 15 is 0 Å². The smallest absolute Gasteiger partial charge is 0.132 e. The second kappa shape index (κ2) is 8.63. The summed E-state index contributed by atoms with van der Waals surface area (Å²) in [6.45, 7) is 2.99. The van der Waals surface area contributed by atoms with Gasteiger partial charge in [-0.15, -0.1) is 0 Å². The Labute approximate surface area is 157 Å². The Morgan fingerprint density at radius 3 is 2.31 bits per heavy atom. The molecule has 1 aromatic heterocycles. The molecule has 0 aliphatic heterocycles. The lowest BCUT2D eigenvalue weighted by atomic mass is 10.1. The van der Waals surface area contributed by atoms with Crippen molar-refractivity contribution in [1.29, 1.82) is 0 Å². The zero-order chi connectivity index (χ0) is 18.4. The Kier molecular flexibility index (Phi) is 6.02. The lowest BCUT2D eigenvalue weighted by Crippen LogP contribution is -2.10. The summed E-state index contributed by atoms with van der Waals surface area (Å²) in [6, 6.07) is 16.3. The Morgan fingerprint density at radius 2 is 1.58 bits per heavy atom. The number of hydrogen-bond acceptors (Lipinski definition) is 4. The molecule has 0 saturated carbocycles. The molecule has 2 N–H and O–H groups in total. The van der Waals surface area contributed by atoms with Gasteiger partial charge in [0.05, 0.1) is 0 Å². The maximum absolute atomic E-state index is 13.7. The quantitative estimate of drug-likeness (QED) is 0.624. The SMILES string of the molecule is Cc1nc(NCCc2ccccc2F)cc(NCc2ccccc2Cl)n1. The van der Waals surface area contributed by atoms with Crippen LogP contribution in [0.15, 0.2) is 54.6 Å². The van der Waals surface area contributed by atoms with Crippen molar-refractivity contribution < 1.29 is 4.39 Å². The second-order valence-electron chi connectivity index (χ2n) is 5.90. The summed E-state index contributed by atoms with van der Waals surface area (Å²) in [4.78, 5) is 8.77. The average Bonchev–Trinajstić information content (AvgIpc) is 2.62. The van der Waals surface area contributed by atoms with Gasteiger partial charge >= 0.3 is 0 Å². The molecule has 0 radical (unpaired) electrons. The van der Waals surface area contributed by atoms with Gasteiger partial charge in [0.25, 0.3) is 0 Å². The molecule has 0 spiro atoms. The molecule has 0 aliphatic carbocycles. The summed E-state index contributed by atoms with van der Waals surface area (Å²) in [5, 5.41) is 7.21. The third kappa shape index (κ3) is 4.92. The van der Waals surface area contributed by atoms with Gasteiger partial charge in [-0.1, -0.05) is 48.0 Å². The van der Waals surface area contributed by atoms with Crippen molar-refractivity contribution >= 4 is 23.2 Å². The second-order valence-corrected chi connectivity index (χ2v) is 6.31. The minimum Gasteiger partial charge on any atom is -0.370 e. The molecule has 0 amide bonds. The molecule has 0 fully saturated rings. The van der Waals surface area contributed by atoms with Crippen LogP contribution in [0.4, 0.5) is 16.0 Å². The number of rotatable bonds is 7. The molecule has 26 heavy (non-hydrogen) atoms. The van der Waals surface area contributed by atoms with Crippen LogP contribution >= 0.6 is 11.6 Å². The Balaban J connectivity index is 1.60. The fourth-order valence-corrected chi connectivity index (χ4v) is 2.81. The fourth-order valence-electron chi connectivity index (χ4n) is 2.60. The number of hydrogen-bond donors (Lipinski definition) is 2. The van der Waals surface area contributed by atoms with Crippen LogP contribution in [0.1, 0.15) is 17.0 Å². The van der Waals surface area contributed by atoms with Crippen LogP contribution in [-0.2, 0) is 13.0 Å². The molecular formula is C20H20ClFN4. The maximum atomic E-state index is 13.7. The molecule has 1 heterocycles. The van der Waals surface area contributed by atoms with Gasteiger partial charge < -0.3 is 10.6 Å². The Bertz CT molecular complexity index is 885. The first kappa shape index (κ1) is 18.1. The number of anilines is 2. The summed E-state index contributed by atoms with van der Waals surface area (Å²) in [5.41, 5.74) is 1.68. The maximum Gasteiger partial charge on any atom is 0.132 e. The van der Waals surface area contributed by atoms with E-state index in [0.29, 0.717) is 47.6 Å². The van der Waals surface area contributed by atoms with E-state index < -0.39 is 0 Å². The van der Waals surface area contributed by atoms with Gasteiger partial charge in [0.1, 0.15) is 23.3 Å². The van der Waals surface area contributed by atoms with Gasteiger partial charge in [0, 0.05) is 24.2 Å². The van der Waals surface area contributed by atoms with E-state index in [4.69, 9.17) is 11.6 Å². The first-order valence-electron chi connectivity index (χ1n) is 8.42. The van der Waals surface area contributed by atoms with Crippen molar-refractivity contribution in [3.8, 4) is 0 Å². The molecule has 2 aromatic carbocycles. The van der Waals surface area contributed by atoms with Crippen LogP contribution in [0.25, 0.3) is 0 Å². The van der Waals surface area contributed by atoms with Gasteiger partial charge in [0.2, 0.25) is 0 Å². The number of nitrogens with zero attached hydrogens (tertiary/aromatic N) is 2. The predicted octanol–water partition coefficient (Wildman–Crippen LogP) is 4.84. The van der Waals surface area contributed by atoms with Crippen LogP contribution in [0, 0.1) is 12.7 Å². The summed E-state index contributed by atoms with van der Waals surface area (Å²) in [7, 11) is 0. The number of benzene rings is 2. The topological polar surface area (TPSA) is 49.8 Å². The molecule has 0 atom stereocenters. The minimum absolute atomic E-state index is 0.185. The third-order valence-corrected chi connectivity index (χ3v) is 4.28. The highest BCUT2D eigenvalue weighted by Gasteiger charge is 2.05. The molecular weight excluding hydrogens is 351 g/mol. The summed E-state index contributed by atoms with van der Waals surface area (Å²) < 4.78 is 13.7. The zero-order valence-electron chi connectivity index (χ0n) is 14.5. The lowest BCUT2D eigenvalue weighted by molar-refractivity contribution is 0.610. The van der Waals surface area contributed by atoms with Gasteiger partial charge in [-0.2, -0.15) is 0 Å². The van der Waals surface area contributed by atoms with E-state index in [1.807, 2.05) is 43.3 Å². The van der Waals surface area contributed by atoms with E-state index in [2.05, 4.69) is 20.6 Å². The Hall–Kier alpha value is -2.66. The van der Waals surface area contributed by atoms with Crippen molar-refractivity contribution in [1.82, 2.24) is 9.97 Å². The van der Waals surface area contributed by atoms with Crippen molar-refractivity contribution in [3.05, 3.63) is 82.4 Å². The lowest BCUT2D eigenvalue weighted by Gasteiger charge is -2.11. The molecule has 134 valence electrons. The molecule has 4 nitrogen and oxygen atoms in total. The largest absolute Gasteiger partial charge is 0.370 e. The number of halogens is 2. The van der Waals surface area contributed by atoms with Gasteiger partial charge in [0.15, 0.2) is 0 Å². The van der Waals surface area contributed by atoms with Crippen LogP contribution in [0.5, 0.6) is 0 Å². The number of aromatic nitrogens is 2. The monoisotopic (exact) mass is 370 g/mol. The van der Waals surface area contributed by atoms with Gasteiger partial charge in [-0.25, -0.2) is 14.4 Å². The van der Waals surface area contributed by atoms with Gasteiger partial charge in [-0.05, 0) is 36.6 Å². The zero-order valence-corrected chi connectivity index (χ0v) is 15.2. The van der Waals surface area contributed by atoms with Crippen LogP contribution in [0.2, 0.25) is 5.02 Å². The number of nitrogens with one attached hydrogen (secondary N) is 2. The normalized spacial score (nSPS) is 10.6. The third-order valence-electron chi connectivity index (χ3n) is 3.91. The molecule has 3 rings (SSSR count). The highest BCUT2D eigenvalue weighted by Crippen LogP contribution is 2.18. The van der Waals surface area contributed by atoms with E-state index in [1.54, 1.807) is 12.1 Å². The van der Waals surface area contributed by atoms with E-state index in [9.17, 15) is 4.39 Å². The fraction of sp³-hybridized carbons (Fsp3) is 0.200. The highest BCUT2D eigenvalue weighted by atomic mass is 35.5. The summed E-state index contributed by atoms with van der Waals surface area (Å²) in [6.07, 6.45) is 0.581. The molecule has 0 bridgehead atoms. The standard InChI is InChI=1S/C20H20ClFN4/c1-14-25-19(23-11-10-15-6-3-5-9-18(15)22)12-20(26-14)24-13-16-7-2-4-8-17(16)21/h2-9,12H,10-11,13H2,1H3,(H2,23,24,25,26). The minimum atomic E-state index is -0.185. The molecule has 0 aliphatic rings. The van der Waals surface area contributed by atoms with Crippen LogP contribution in [-0.4, -0.2) is 16.5 Å². The van der Waals surface area contributed by atoms with Gasteiger partial charge in [-0.3, -0.25) is 0 Å². The van der Waals surface area contributed by atoms with E-state index in [-0.39, 0.29) is 5.82 Å². The first-order chi connectivity index (χ1) is 12.6. The Morgan fingerprint density at radius 1 is 0.923 bits per heavy atom. The summed E-state index contributed by atoms with van der Waals surface area (Å²) >= 11 is 6.18. The highest BCUT2D eigenvalue weighted by molar-refractivity contribution is 6.31. The van der Waals surface area contributed by atoms with Crippen molar-refractivity contribution in [2.75, 3.05) is 17.2 Å². The average molecular weight is 371 g/mol. The van der Waals surface area contributed by atoms with Crippen LogP contribution in [0.3, 0.4) is 0 Å². The van der Waals surface area contributed by atoms with E-state index in [1.165, 1.54) is 6.07 Å². The van der Waals surface area contributed by atoms with Crippen LogP contribution < -0.4 is 10.6 Å². The number of aryl methyl sites for hydroxylation is 1. The van der Waals surface area contributed by atoms with Crippen molar-refractivity contribution in [2.45, 2.75) is 19.9 Å². The molecule has 0 unspecified atom stereocenters. The van der Waals surface area contributed by atoms with E-state index in [0.717, 1.165) is 5.56 Å². The molecule has 3 aromatic rings. The summed E-state index contributed by atoms with van der Waals surface area (Å²) in [5.74, 6) is 1.89.